The smallest absolute Gasteiger partial charge is 0.417 e. The summed E-state index contributed by atoms with van der Waals surface area (Å²) < 4.78 is 45.5. The van der Waals surface area contributed by atoms with Crippen LogP contribution >= 0.6 is 11.6 Å². The average Bonchev–Trinajstić information content (AvgIpc) is 2.86. The van der Waals surface area contributed by atoms with Gasteiger partial charge in [0.2, 0.25) is 0 Å². The van der Waals surface area contributed by atoms with Crippen LogP contribution in [0.3, 0.4) is 0 Å². The van der Waals surface area contributed by atoms with Crippen molar-refractivity contribution in [3.63, 3.8) is 0 Å². The minimum absolute atomic E-state index is 0.0721. The van der Waals surface area contributed by atoms with E-state index in [1.807, 2.05) is 0 Å². The fraction of sp³-hybridized carbons (Fsp3) is 0.0800. The van der Waals surface area contributed by atoms with Crippen LogP contribution in [0.5, 0.6) is 11.5 Å². The molecule has 37 heavy (non-hydrogen) atoms. The van der Waals surface area contributed by atoms with E-state index in [-0.39, 0.29) is 12.2 Å². The molecule has 4 aromatic rings. The number of carbonyl (C=O) groups is 1. The number of benzene rings is 3. The van der Waals surface area contributed by atoms with Gasteiger partial charge >= 0.3 is 12.2 Å². The molecule has 0 spiro atoms. The van der Waals surface area contributed by atoms with Crippen molar-refractivity contribution in [2.45, 2.75) is 6.18 Å². The number of nitrogens with zero attached hydrogens (tertiary/aromatic N) is 3. The van der Waals surface area contributed by atoms with E-state index in [0.717, 1.165) is 17.2 Å². The van der Waals surface area contributed by atoms with Crippen LogP contribution in [-0.2, 0) is 6.18 Å². The van der Waals surface area contributed by atoms with Crippen molar-refractivity contribution in [3.05, 3.63) is 77.4 Å². The number of aliphatic imine (C=N–C) groups is 1. The van der Waals surface area contributed by atoms with Gasteiger partial charge in [0.05, 0.1) is 22.8 Å². The van der Waals surface area contributed by atoms with Gasteiger partial charge in [-0.25, -0.2) is 19.8 Å². The van der Waals surface area contributed by atoms with E-state index in [4.69, 9.17) is 16.3 Å². The molecule has 2 heterocycles. The van der Waals surface area contributed by atoms with Crippen LogP contribution in [0, 0.1) is 0 Å². The number of alkyl halides is 3. The molecule has 0 saturated heterocycles. The van der Waals surface area contributed by atoms with E-state index in [9.17, 15) is 23.2 Å². The van der Waals surface area contributed by atoms with Gasteiger partial charge < -0.3 is 15.4 Å². The van der Waals surface area contributed by atoms with Gasteiger partial charge in [-0.05, 0) is 30.3 Å². The zero-order valence-corrected chi connectivity index (χ0v) is 19.5. The van der Waals surface area contributed by atoms with Crippen molar-refractivity contribution in [1.82, 2.24) is 4.98 Å². The summed E-state index contributed by atoms with van der Waals surface area (Å²) in [6.07, 6.45) is -1.63. The minimum Gasteiger partial charge on any atom is -0.454 e. The maximum Gasteiger partial charge on any atom is 0.417 e. The summed E-state index contributed by atoms with van der Waals surface area (Å²) in [4.78, 5) is 20.9. The zero-order valence-electron chi connectivity index (χ0n) is 18.8. The number of hydrogen-bond donors (Lipinski definition) is 3. The van der Waals surface area contributed by atoms with E-state index >= 15 is 0 Å². The highest BCUT2D eigenvalue weighted by atomic mass is 35.5. The number of urea groups is 1. The molecule has 1 aliphatic rings. The number of aromatic nitrogens is 1. The van der Waals surface area contributed by atoms with Crippen molar-refractivity contribution in [3.8, 4) is 11.5 Å². The number of halogens is 4. The molecule has 1 aromatic heterocycles. The maximum atomic E-state index is 13.1. The Morgan fingerprint density at radius 2 is 1.81 bits per heavy atom. The molecular formula is C25H17ClF3N5O3. The first kappa shape index (κ1) is 24.3. The molecule has 0 bridgehead atoms. The molecule has 0 aliphatic carbocycles. The first-order valence-electron chi connectivity index (χ1n) is 10.8. The second-order valence-corrected chi connectivity index (χ2v) is 8.31. The Kier molecular flexibility index (Phi) is 6.32. The summed E-state index contributed by atoms with van der Waals surface area (Å²) >= 11 is 5.65. The molecule has 0 fully saturated rings. The zero-order chi connectivity index (χ0) is 26.2. The Morgan fingerprint density at radius 3 is 2.59 bits per heavy atom. The molecule has 1 aliphatic heterocycles. The summed E-state index contributed by atoms with van der Waals surface area (Å²) in [6, 6.07) is 14.3. The molecule has 0 radical (unpaired) electrons. The Morgan fingerprint density at radius 1 is 1.03 bits per heavy atom. The summed E-state index contributed by atoms with van der Waals surface area (Å²) in [6.45, 7) is 0.172. The standard InChI is InChI=1S/C25H17ClF3N5O3/c26-18-6-5-14(13-17(18)25(27,28)29)32-24(35)33-19-7-8-20(16-4-2-1-3-15(16)19)37-21-9-10-30-23-22(21)34(36)12-11-31-23/h1-11,13,36H,12H2,(H2,32,33,35). The van der Waals surface area contributed by atoms with Crippen LogP contribution in [0.2, 0.25) is 5.02 Å². The highest BCUT2D eigenvalue weighted by Gasteiger charge is 2.33. The quantitative estimate of drug-likeness (QED) is 0.259. The Balaban J connectivity index is 1.41. The Hall–Kier alpha value is -4.35. The third kappa shape index (κ3) is 4.99. The van der Waals surface area contributed by atoms with Crippen LogP contribution < -0.4 is 20.4 Å². The number of carbonyl (C=O) groups excluding carboxylic acids is 1. The highest BCUT2D eigenvalue weighted by molar-refractivity contribution is 6.31. The third-order valence-corrected chi connectivity index (χ3v) is 5.81. The van der Waals surface area contributed by atoms with Gasteiger partial charge in [0, 0.05) is 34.9 Å². The number of hydroxylamine groups is 1. The third-order valence-electron chi connectivity index (χ3n) is 5.48. The molecule has 8 nitrogen and oxygen atoms in total. The van der Waals surface area contributed by atoms with Crippen LogP contribution in [-0.4, -0.2) is 29.0 Å². The highest BCUT2D eigenvalue weighted by Crippen LogP contribution is 2.42. The van der Waals surface area contributed by atoms with Gasteiger partial charge in [-0.1, -0.05) is 35.9 Å². The first-order valence-corrected chi connectivity index (χ1v) is 11.2. The minimum atomic E-state index is -4.66. The average molecular weight is 528 g/mol. The molecule has 12 heteroatoms. The predicted octanol–water partition coefficient (Wildman–Crippen LogP) is 7.25. The first-order chi connectivity index (χ1) is 17.7. The second-order valence-electron chi connectivity index (χ2n) is 7.91. The summed E-state index contributed by atoms with van der Waals surface area (Å²) in [5.74, 6) is 1.07. The van der Waals surface area contributed by atoms with Crippen molar-refractivity contribution in [2.75, 3.05) is 22.2 Å². The van der Waals surface area contributed by atoms with E-state index in [1.54, 1.807) is 42.5 Å². The lowest BCUT2D eigenvalue weighted by Crippen LogP contribution is -2.23. The Bertz CT molecular complexity index is 1540. The molecule has 0 atom stereocenters. The number of pyridine rings is 1. The van der Waals surface area contributed by atoms with Crippen molar-refractivity contribution < 1.29 is 27.9 Å². The van der Waals surface area contributed by atoms with Gasteiger partial charge in [-0.2, -0.15) is 13.2 Å². The van der Waals surface area contributed by atoms with E-state index < -0.39 is 22.8 Å². The van der Waals surface area contributed by atoms with Crippen LogP contribution in [0.1, 0.15) is 5.56 Å². The number of nitrogens with one attached hydrogen (secondary N) is 2. The monoisotopic (exact) mass is 527 g/mol. The van der Waals surface area contributed by atoms with E-state index in [2.05, 4.69) is 20.6 Å². The van der Waals surface area contributed by atoms with Crippen molar-refractivity contribution >= 4 is 57.5 Å². The predicted molar refractivity (Wildman–Crippen MR) is 135 cm³/mol. The number of fused-ring (bicyclic) bond motifs is 2. The lowest BCUT2D eigenvalue weighted by Gasteiger charge is -2.22. The Labute approximate surface area is 212 Å². The lowest BCUT2D eigenvalue weighted by atomic mass is 10.1. The molecule has 2 amide bonds. The molecule has 0 unspecified atom stereocenters. The lowest BCUT2D eigenvalue weighted by molar-refractivity contribution is -0.137. The van der Waals surface area contributed by atoms with Gasteiger partial charge in [-0.15, -0.1) is 0 Å². The molecule has 3 aromatic carbocycles. The molecule has 188 valence electrons. The van der Waals surface area contributed by atoms with E-state index in [1.165, 1.54) is 18.5 Å². The van der Waals surface area contributed by atoms with Gasteiger partial charge in [0.25, 0.3) is 0 Å². The molecule has 5 rings (SSSR count). The van der Waals surface area contributed by atoms with Crippen LogP contribution in [0.25, 0.3) is 10.8 Å². The van der Waals surface area contributed by atoms with E-state index in [0.29, 0.717) is 39.5 Å². The number of ether oxygens (including phenoxy) is 1. The fourth-order valence-electron chi connectivity index (χ4n) is 3.83. The maximum absolute atomic E-state index is 13.1. The van der Waals surface area contributed by atoms with Crippen molar-refractivity contribution in [1.29, 1.82) is 0 Å². The van der Waals surface area contributed by atoms with Crippen LogP contribution in [0.4, 0.5) is 40.8 Å². The van der Waals surface area contributed by atoms with Gasteiger partial charge in [-0.3, -0.25) is 5.21 Å². The molecule has 3 N–H and O–H groups in total. The SMILES string of the molecule is O=C(Nc1ccc(Cl)c(C(F)(F)F)c1)Nc1ccc(Oc2ccnc3c2N(O)CC=N3)c2ccccc12. The largest absolute Gasteiger partial charge is 0.454 e. The number of amides is 2. The fourth-order valence-corrected chi connectivity index (χ4v) is 4.06. The van der Waals surface area contributed by atoms with Gasteiger partial charge in [0.15, 0.2) is 17.3 Å². The second kappa shape index (κ2) is 9.60. The number of hydrogen-bond acceptors (Lipinski definition) is 6. The summed E-state index contributed by atoms with van der Waals surface area (Å²) in [5, 5.41) is 17.1. The number of rotatable bonds is 4. The van der Waals surface area contributed by atoms with Gasteiger partial charge in [0.1, 0.15) is 5.75 Å². The summed E-state index contributed by atoms with van der Waals surface area (Å²) in [5.41, 5.74) is -0.408. The summed E-state index contributed by atoms with van der Waals surface area (Å²) in [7, 11) is 0. The van der Waals surface area contributed by atoms with Crippen molar-refractivity contribution in [2.24, 2.45) is 4.99 Å². The number of anilines is 3. The molecule has 0 saturated carbocycles. The normalized spacial score (nSPS) is 12.8. The topological polar surface area (TPSA) is 99.1 Å². The van der Waals surface area contributed by atoms with Crippen LogP contribution in [0.15, 0.2) is 71.9 Å². The molecular weight excluding hydrogens is 511 g/mol.